The molecule has 10 heavy (non-hydrogen) atoms. The molecule has 0 unspecified atom stereocenters. The highest BCUT2D eigenvalue weighted by molar-refractivity contribution is 8.76. The molecule has 0 bridgehead atoms. The quantitative estimate of drug-likeness (QED) is 0.433. The van der Waals surface area contributed by atoms with E-state index in [1.165, 1.54) is 0 Å². The van der Waals surface area contributed by atoms with Gasteiger partial charge in [0, 0.05) is 24.3 Å². The van der Waals surface area contributed by atoms with Gasteiger partial charge in [-0.15, -0.1) is 0 Å². The second-order valence-corrected chi connectivity index (χ2v) is 4.13. The van der Waals surface area contributed by atoms with E-state index in [0.717, 1.165) is 11.5 Å². The third-order valence-corrected chi connectivity index (χ3v) is 3.07. The summed E-state index contributed by atoms with van der Waals surface area (Å²) in [5.41, 5.74) is 0. The van der Waals surface area contributed by atoms with E-state index >= 15 is 0 Å². The van der Waals surface area contributed by atoms with Gasteiger partial charge in [0.2, 0.25) is 0 Å². The molecule has 0 atom stereocenters. The number of carbonyl (C=O) groups excluding carboxylic acids is 2. The Morgan fingerprint density at radius 1 is 0.900 bits per heavy atom. The first-order valence-electron chi connectivity index (χ1n) is 2.86. The van der Waals surface area contributed by atoms with Crippen molar-refractivity contribution < 1.29 is 9.59 Å². The van der Waals surface area contributed by atoms with E-state index < -0.39 is 0 Å². The van der Waals surface area contributed by atoms with Crippen LogP contribution in [0.15, 0.2) is 0 Å². The van der Waals surface area contributed by atoms with Crippen LogP contribution in [0, 0.1) is 0 Å². The summed E-state index contributed by atoms with van der Waals surface area (Å²) >= 11 is 0. The highest BCUT2D eigenvalue weighted by Gasteiger charge is 1.89. The van der Waals surface area contributed by atoms with Crippen LogP contribution < -0.4 is 0 Å². The van der Waals surface area contributed by atoms with E-state index in [0.29, 0.717) is 12.8 Å². The second kappa shape index (κ2) is 9.04. The van der Waals surface area contributed by atoms with E-state index in [4.69, 9.17) is 0 Å². The highest BCUT2D eigenvalue weighted by Crippen LogP contribution is 2.21. The lowest BCUT2D eigenvalue weighted by Gasteiger charge is -1.92. The molecule has 0 fully saturated rings. The third-order valence-electron chi connectivity index (χ3n) is 0.658. The molecule has 0 amide bonds. The lowest BCUT2D eigenvalue weighted by Crippen LogP contribution is -1.79. The van der Waals surface area contributed by atoms with Crippen molar-refractivity contribution >= 4 is 34.2 Å². The van der Waals surface area contributed by atoms with Crippen molar-refractivity contribution in [3.63, 3.8) is 0 Å². The Bertz CT molecular complexity index is 83.7. The molecule has 56 valence electrons. The zero-order chi connectivity index (χ0) is 7.66. The maximum absolute atomic E-state index is 9.68. The first kappa shape index (κ1) is 10.0. The topological polar surface area (TPSA) is 34.1 Å². The fraction of sp³-hybridized carbons (Fsp3) is 0.667. The first-order valence-corrected chi connectivity index (χ1v) is 5.35. The Hall–Kier alpha value is 0.0400. The smallest absolute Gasteiger partial charge is 0.199 e. The maximum atomic E-state index is 9.68. The molecular weight excluding hydrogens is 168 g/mol. The van der Waals surface area contributed by atoms with Crippen LogP contribution >= 0.6 is 21.6 Å². The van der Waals surface area contributed by atoms with Gasteiger partial charge < -0.3 is 0 Å². The molecular formula is C6H8O2S2. The molecule has 0 aliphatic carbocycles. The largest absolute Gasteiger partial charge is 0.291 e. The van der Waals surface area contributed by atoms with Gasteiger partial charge >= 0.3 is 0 Å². The number of hydrogen-bond donors (Lipinski definition) is 0. The monoisotopic (exact) mass is 176 g/mol. The van der Waals surface area contributed by atoms with Crippen LogP contribution in [0.1, 0.15) is 12.8 Å². The van der Waals surface area contributed by atoms with E-state index in [9.17, 15) is 9.59 Å². The van der Waals surface area contributed by atoms with Crippen LogP contribution in [-0.2, 0) is 9.59 Å². The molecule has 4 heteroatoms. The van der Waals surface area contributed by atoms with Gasteiger partial charge in [-0.2, -0.15) is 0 Å². The van der Waals surface area contributed by atoms with Crippen LogP contribution in [0.2, 0.25) is 0 Å². The molecule has 0 aliphatic heterocycles. The van der Waals surface area contributed by atoms with E-state index in [1.807, 2.05) is 0 Å². The van der Waals surface area contributed by atoms with Crippen molar-refractivity contribution in [2.75, 3.05) is 11.5 Å². The molecule has 0 N–H and O–H groups in total. The van der Waals surface area contributed by atoms with Gasteiger partial charge in [0.25, 0.3) is 0 Å². The Labute approximate surface area is 68.5 Å². The highest BCUT2D eigenvalue weighted by atomic mass is 33.1. The molecule has 0 aromatic rings. The predicted octanol–water partition coefficient (Wildman–Crippen LogP) is 1.37. The van der Waals surface area contributed by atoms with Crippen molar-refractivity contribution in [1.29, 1.82) is 0 Å². The molecule has 0 aliphatic rings. The summed E-state index contributed by atoms with van der Waals surface area (Å²) in [5.74, 6) is 1.57. The van der Waals surface area contributed by atoms with E-state index in [1.54, 1.807) is 34.2 Å². The van der Waals surface area contributed by atoms with Gasteiger partial charge in [0.05, 0.1) is 0 Å². The number of rotatable bonds is 7. The minimum atomic E-state index is 0.475. The summed E-state index contributed by atoms with van der Waals surface area (Å²) in [6.07, 6.45) is 4.54. The fourth-order valence-corrected chi connectivity index (χ4v) is 2.06. The minimum Gasteiger partial charge on any atom is -0.291 e. The van der Waals surface area contributed by atoms with Crippen molar-refractivity contribution in [3.05, 3.63) is 0 Å². The molecule has 0 aromatic carbocycles. The SMILES string of the molecule is O=[C]CCSSCC[C]=O. The van der Waals surface area contributed by atoms with Crippen LogP contribution in [0.3, 0.4) is 0 Å². The zero-order valence-corrected chi connectivity index (χ0v) is 7.09. The summed E-state index contributed by atoms with van der Waals surface area (Å²) in [6, 6.07) is 0. The fourth-order valence-electron chi connectivity index (χ4n) is 0.285. The van der Waals surface area contributed by atoms with Crippen molar-refractivity contribution in [1.82, 2.24) is 0 Å². The zero-order valence-electron chi connectivity index (χ0n) is 5.46. The minimum absolute atomic E-state index is 0.475. The Kier molecular flexibility index (Phi) is 9.08. The van der Waals surface area contributed by atoms with Gasteiger partial charge in [0.15, 0.2) is 12.6 Å². The lowest BCUT2D eigenvalue weighted by molar-refractivity contribution is 0.553. The summed E-state index contributed by atoms with van der Waals surface area (Å²) in [7, 11) is 3.19. The van der Waals surface area contributed by atoms with E-state index in [-0.39, 0.29) is 0 Å². The van der Waals surface area contributed by atoms with Crippen LogP contribution in [-0.4, -0.2) is 24.1 Å². The molecule has 0 saturated heterocycles. The Morgan fingerprint density at radius 2 is 1.30 bits per heavy atom. The molecule has 2 nitrogen and oxygen atoms in total. The Balaban J connectivity index is 2.76. The van der Waals surface area contributed by atoms with Gasteiger partial charge in [0.1, 0.15) is 0 Å². The third kappa shape index (κ3) is 8.04. The summed E-state index contributed by atoms with van der Waals surface area (Å²) < 4.78 is 0. The number of hydrogen-bond acceptors (Lipinski definition) is 4. The van der Waals surface area contributed by atoms with Crippen molar-refractivity contribution in [3.8, 4) is 0 Å². The van der Waals surface area contributed by atoms with Crippen LogP contribution in [0.25, 0.3) is 0 Å². The van der Waals surface area contributed by atoms with Crippen molar-refractivity contribution in [2.24, 2.45) is 0 Å². The molecule has 2 radical (unpaired) electrons. The molecule has 0 saturated carbocycles. The van der Waals surface area contributed by atoms with Crippen LogP contribution in [0.4, 0.5) is 0 Å². The first-order chi connectivity index (χ1) is 4.91. The molecule has 0 heterocycles. The maximum Gasteiger partial charge on any atom is 0.199 e. The average molecular weight is 176 g/mol. The predicted molar refractivity (Wildman–Crippen MR) is 45.5 cm³/mol. The van der Waals surface area contributed by atoms with E-state index in [2.05, 4.69) is 0 Å². The van der Waals surface area contributed by atoms with Crippen molar-refractivity contribution in [2.45, 2.75) is 12.8 Å². The van der Waals surface area contributed by atoms with Gasteiger partial charge in [-0.05, 0) is 0 Å². The average Bonchev–Trinajstić information content (AvgIpc) is 1.97. The normalized spacial score (nSPS) is 9.20. The molecule has 0 spiro atoms. The molecule has 0 rings (SSSR count). The lowest BCUT2D eigenvalue weighted by atomic mass is 10.6. The Morgan fingerprint density at radius 3 is 1.60 bits per heavy atom. The van der Waals surface area contributed by atoms with Crippen LogP contribution in [0.5, 0.6) is 0 Å². The summed E-state index contributed by atoms with van der Waals surface area (Å²) in [5, 5.41) is 0. The standard InChI is InChI=1S/C6H8O2S2/c7-3-1-5-9-10-6-2-4-8/h1-2,5-6H2. The van der Waals surface area contributed by atoms with Gasteiger partial charge in [-0.25, -0.2) is 0 Å². The second-order valence-electron chi connectivity index (χ2n) is 1.43. The summed E-state index contributed by atoms with van der Waals surface area (Å²) in [6.45, 7) is 0. The molecule has 0 aromatic heterocycles. The van der Waals surface area contributed by atoms with Gasteiger partial charge in [-0.1, -0.05) is 21.6 Å². The van der Waals surface area contributed by atoms with Gasteiger partial charge in [-0.3, -0.25) is 9.59 Å². The summed E-state index contributed by atoms with van der Waals surface area (Å²) in [4.78, 5) is 19.4.